The van der Waals surface area contributed by atoms with Crippen LogP contribution in [0.3, 0.4) is 0 Å². The molecule has 18 heavy (non-hydrogen) atoms. The normalized spacial score (nSPS) is 20.1. The zero-order valence-corrected chi connectivity index (χ0v) is 8.75. The summed E-state index contributed by atoms with van der Waals surface area (Å²) in [6.45, 7) is 0. The van der Waals surface area contributed by atoms with Crippen LogP contribution in [0.4, 0.5) is 17.6 Å². The van der Waals surface area contributed by atoms with Crippen molar-refractivity contribution in [2.24, 2.45) is 0 Å². The fraction of sp³-hybridized carbons (Fsp3) is 0.273. The zero-order chi connectivity index (χ0) is 13.5. The predicted molar refractivity (Wildman–Crippen MR) is 49.9 cm³/mol. The number of cyclic esters (lactones) is 2. The van der Waals surface area contributed by atoms with Crippen molar-refractivity contribution in [2.45, 2.75) is 18.5 Å². The Morgan fingerprint density at radius 1 is 1.22 bits per heavy atom. The Bertz CT molecular complexity index is 522. The summed E-state index contributed by atoms with van der Waals surface area (Å²) in [6.07, 6.45) is -5.02. The molecule has 1 aromatic rings. The molecule has 1 aliphatic heterocycles. The van der Waals surface area contributed by atoms with Crippen molar-refractivity contribution in [1.29, 1.82) is 0 Å². The monoisotopic (exact) mass is 262 g/mol. The highest BCUT2D eigenvalue weighted by molar-refractivity contribution is 5.97. The zero-order valence-electron chi connectivity index (χ0n) is 8.75. The molecule has 0 bridgehead atoms. The Morgan fingerprint density at radius 3 is 2.33 bits per heavy atom. The molecular weight excluding hydrogens is 256 g/mol. The molecule has 0 aromatic heterocycles. The van der Waals surface area contributed by atoms with Gasteiger partial charge in [0.2, 0.25) is 0 Å². The van der Waals surface area contributed by atoms with Crippen molar-refractivity contribution in [3.63, 3.8) is 0 Å². The smallest absolute Gasteiger partial charge is 0.393 e. The molecule has 0 N–H and O–H groups in total. The number of carbonyl (C=O) groups excluding carboxylic acids is 2. The molecule has 0 aliphatic carbocycles. The van der Waals surface area contributed by atoms with E-state index in [9.17, 15) is 27.2 Å². The predicted octanol–water partition coefficient (Wildman–Crippen LogP) is 2.40. The lowest BCUT2D eigenvalue weighted by atomic mass is 9.96. The first-order valence-electron chi connectivity index (χ1n) is 4.90. The SMILES string of the molecule is O=C1CC(c2ccc(C(F)(F)F)cc2F)C(=O)O1. The maximum absolute atomic E-state index is 13.5. The highest BCUT2D eigenvalue weighted by Crippen LogP contribution is 2.34. The molecule has 1 aliphatic rings. The van der Waals surface area contributed by atoms with Crippen LogP contribution in [0.2, 0.25) is 0 Å². The lowest BCUT2D eigenvalue weighted by Gasteiger charge is -2.10. The van der Waals surface area contributed by atoms with E-state index in [2.05, 4.69) is 4.74 Å². The summed E-state index contributed by atoms with van der Waals surface area (Å²) in [5.74, 6) is -4.11. The van der Waals surface area contributed by atoms with Crippen LogP contribution in [0.15, 0.2) is 18.2 Å². The lowest BCUT2D eigenvalue weighted by molar-refractivity contribution is -0.152. The summed E-state index contributed by atoms with van der Waals surface area (Å²) in [4.78, 5) is 22.0. The average molecular weight is 262 g/mol. The number of ether oxygens (including phenoxy) is 1. The summed E-state index contributed by atoms with van der Waals surface area (Å²) < 4.78 is 54.6. The third-order valence-electron chi connectivity index (χ3n) is 2.57. The van der Waals surface area contributed by atoms with Crippen LogP contribution in [-0.4, -0.2) is 11.9 Å². The van der Waals surface area contributed by atoms with Crippen molar-refractivity contribution < 1.29 is 31.9 Å². The second-order valence-electron chi connectivity index (χ2n) is 3.78. The van der Waals surface area contributed by atoms with E-state index in [1.165, 1.54) is 0 Å². The first kappa shape index (κ1) is 12.5. The van der Waals surface area contributed by atoms with Gasteiger partial charge in [-0.15, -0.1) is 0 Å². The number of hydrogen-bond donors (Lipinski definition) is 0. The van der Waals surface area contributed by atoms with Crippen LogP contribution >= 0.6 is 0 Å². The molecule has 1 atom stereocenters. The Hall–Kier alpha value is -1.92. The first-order chi connectivity index (χ1) is 8.29. The molecule has 96 valence electrons. The minimum absolute atomic E-state index is 0.265. The van der Waals surface area contributed by atoms with Gasteiger partial charge in [-0.05, 0) is 12.1 Å². The van der Waals surface area contributed by atoms with Gasteiger partial charge in [0.25, 0.3) is 0 Å². The van der Waals surface area contributed by atoms with E-state index in [0.717, 1.165) is 6.07 Å². The molecular formula is C11H6F4O3. The first-order valence-corrected chi connectivity index (χ1v) is 4.90. The van der Waals surface area contributed by atoms with Crippen molar-refractivity contribution in [1.82, 2.24) is 0 Å². The van der Waals surface area contributed by atoms with Crippen LogP contribution < -0.4 is 0 Å². The molecule has 3 nitrogen and oxygen atoms in total. The number of carbonyl (C=O) groups is 2. The molecule has 1 fully saturated rings. The Morgan fingerprint density at radius 2 is 1.89 bits per heavy atom. The Kier molecular flexibility index (Phi) is 2.84. The van der Waals surface area contributed by atoms with E-state index in [4.69, 9.17) is 0 Å². The third kappa shape index (κ3) is 2.20. The van der Waals surface area contributed by atoms with E-state index in [1.807, 2.05) is 0 Å². The van der Waals surface area contributed by atoms with E-state index < -0.39 is 35.4 Å². The van der Waals surface area contributed by atoms with Gasteiger partial charge in [-0.2, -0.15) is 13.2 Å². The minimum atomic E-state index is -4.66. The minimum Gasteiger partial charge on any atom is -0.393 e. The molecule has 2 rings (SSSR count). The van der Waals surface area contributed by atoms with Crippen LogP contribution in [0.1, 0.15) is 23.5 Å². The largest absolute Gasteiger partial charge is 0.416 e. The molecule has 7 heteroatoms. The summed E-state index contributed by atoms with van der Waals surface area (Å²) in [5, 5.41) is 0. The molecule has 0 amide bonds. The highest BCUT2D eigenvalue weighted by atomic mass is 19.4. The van der Waals surface area contributed by atoms with Crippen molar-refractivity contribution in [2.75, 3.05) is 0 Å². The maximum atomic E-state index is 13.5. The van der Waals surface area contributed by atoms with E-state index in [1.54, 1.807) is 0 Å². The van der Waals surface area contributed by atoms with Crippen LogP contribution in [0.25, 0.3) is 0 Å². The third-order valence-corrected chi connectivity index (χ3v) is 2.57. The quantitative estimate of drug-likeness (QED) is 0.443. The summed E-state index contributed by atoms with van der Waals surface area (Å²) in [7, 11) is 0. The molecule has 0 saturated carbocycles. The molecule has 1 unspecified atom stereocenters. The van der Waals surface area contributed by atoms with Gasteiger partial charge in [0.15, 0.2) is 0 Å². The van der Waals surface area contributed by atoms with Crippen LogP contribution in [0, 0.1) is 5.82 Å². The van der Waals surface area contributed by atoms with E-state index >= 15 is 0 Å². The maximum Gasteiger partial charge on any atom is 0.416 e. The van der Waals surface area contributed by atoms with Gasteiger partial charge in [0.1, 0.15) is 5.82 Å². The average Bonchev–Trinajstić information content (AvgIpc) is 2.56. The van der Waals surface area contributed by atoms with Crippen LogP contribution in [-0.2, 0) is 20.5 Å². The number of esters is 2. The van der Waals surface area contributed by atoms with E-state index in [0.29, 0.717) is 12.1 Å². The summed E-state index contributed by atoms with van der Waals surface area (Å²) in [5.41, 5.74) is -1.42. The van der Waals surface area contributed by atoms with Gasteiger partial charge in [0.05, 0.1) is 17.9 Å². The second-order valence-corrected chi connectivity index (χ2v) is 3.78. The molecule has 1 aromatic carbocycles. The van der Waals surface area contributed by atoms with Gasteiger partial charge in [-0.1, -0.05) is 6.07 Å². The molecule has 1 heterocycles. The molecule has 1 saturated heterocycles. The van der Waals surface area contributed by atoms with Gasteiger partial charge in [-0.3, -0.25) is 9.59 Å². The number of benzene rings is 1. The fourth-order valence-electron chi connectivity index (χ4n) is 1.70. The Labute approximate surface area is 98.3 Å². The van der Waals surface area contributed by atoms with Gasteiger partial charge >= 0.3 is 18.1 Å². The highest BCUT2D eigenvalue weighted by Gasteiger charge is 2.38. The summed E-state index contributed by atoms with van der Waals surface area (Å²) in [6, 6.07) is 1.81. The second kappa shape index (κ2) is 4.08. The van der Waals surface area contributed by atoms with Gasteiger partial charge in [0, 0.05) is 5.56 Å². The fourth-order valence-corrected chi connectivity index (χ4v) is 1.70. The number of halogens is 4. The van der Waals surface area contributed by atoms with E-state index in [-0.39, 0.29) is 12.0 Å². The standard InChI is InChI=1S/C11H6F4O3/c12-8-3-5(11(13,14)15)1-2-6(8)7-4-9(16)18-10(7)17/h1-3,7H,4H2. The lowest BCUT2D eigenvalue weighted by Crippen LogP contribution is -2.10. The number of rotatable bonds is 1. The van der Waals surface area contributed by atoms with Crippen molar-refractivity contribution in [3.05, 3.63) is 35.1 Å². The van der Waals surface area contributed by atoms with Crippen molar-refractivity contribution >= 4 is 11.9 Å². The van der Waals surface area contributed by atoms with Gasteiger partial charge in [-0.25, -0.2) is 4.39 Å². The molecule has 0 radical (unpaired) electrons. The van der Waals surface area contributed by atoms with Gasteiger partial charge < -0.3 is 4.74 Å². The number of hydrogen-bond acceptors (Lipinski definition) is 3. The molecule has 0 spiro atoms. The topological polar surface area (TPSA) is 43.4 Å². The number of alkyl halides is 3. The Balaban J connectivity index is 2.37. The van der Waals surface area contributed by atoms with Crippen LogP contribution in [0.5, 0.6) is 0 Å². The van der Waals surface area contributed by atoms with Crippen molar-refractivity contribution in [3.8, 4) is 0 Å². The summed E-state index contributed by atoms with van der Waals surface area (Å²) >= 11 is 0.